The maximum absolute atomic E-state index is 11.8. The Morgan fingerprint density at radius 3 is 2.76 bits per heavy atom. The maximum atomic E-state index is 11.8. The van der Waals surface area contributed by atoms with E-state index in [1.165, 1.54) is 6.33 Å². The number of amides is 1. The topological polar surface area (TPSA) is 121 Å². The number of carboxylic acids is 1. The third-order valence-electron chi connectivity index (χ3n) is 2.68. The molecule has 3 N–H and O–H groups in total. The second-order valence-corrected chi connectivity index (χ2v) is 4.40. The number of esters is 1. The first-order chi connectivity index (χ1) is 10.0. The number of ether oxygens (including phenoxy) is 1. The minimum absolute atomic E-state index is 0.0468. The molecule has 0 spiro atoms. The standard InChI is InChI=1S/C13H19N3O5/c1-2-21-13(20)10(6-9-7-14-8-15-9)16-11(17)4-3-5-12(18)19/h7-8,10H,2-6H2,1H3,(H,14,15)(H,16,17)(H,18,19). The molecule has 0 fully saturated rings. The van der Waals surface area contributed by atoms with Crippen molar-refractivity contribution in [3.05, 3.63) is 18.2 Å². The Morgan fingerprint density at radius 1 is 1.43 bits per heavy atom. The summed E-state index contributed by atoms with van der Waals surface area (Å²) < 4.78 is 4.91. The van der Waals surface area contributed by atoms with Crippen LogP contribution in [0.25, 0.3) is 0 Å². The molecule has 0 aliphatic heterocycles. The largest absolute Gasteiger partial charge is 0.481 e. The van der Waals surface area contributed by atoms with Gasteiger partial charge in [0.25, 0.3) is 0 Å². The van der Waals surface area contributed by atoms with Gasteiger partial charge in [0.15, 0.2) is 0 Å². The van der Waals surface area contributed by atoms with E-state index in [4.69, 9.17) is 9.84 Å². The number of aromatic nitrogens is 2. The fourth-order valence-corrected chi connectivity index (χ4v) is 1.72. The molecule has 1 aromatic rings. The van der Waals surface area contributed by atoms with E-state index in [0.29, 0.717) is 5.69 Å². The molecule has 0 aliphatic carbocycles. The van der Waals surface area contributed by atoms with Crippen molar-refractivity contribution in [3.8, 4) is 0 Å². The van der Waals surface area contributed by atoms with Gasteiger partial charge in [0.2, 0.25) is 5.91 Å². The number of carbonyl (C=O) groups is 3. The van der Waals surface area contributed by atoms with Gasteiger partial charge in [-0.1, -0.05) is 0 Å². The quantitative estimate of drug-likeness (QED) is 0.562. The summed E-state index contributed by atoms with van der Waals surface area (Å²) in [5.74, 6) is -1.87. The first kappa shape index (κ1) is 16.7. The van der Waals surface area contributed by atoms with Crippen LogP contribution < -0.4 is 5.32 Å². The molecule has 1 atom stereocenters. The van der Waals surface area contributed by atoms with Crippen LogP contribution >= 0.6 is 0 Å². The normalized spacial score (nSPS) is 11.7. The molecule has 1 aromatic heterocycles. The lowest BCUT2D eigenvalue weighted by Crippen LogP contribution is -2.43. The van der Waals surface area contributed by atoms with Crippen molar-refractivity contribution >= 4 is 17.8 Å². The molecule has 116 valence electrons. The zero-order valence-electron chi connectivity index (χ0n) is 11.8. The summed E-state index contributed by atoms with van der Waals surface area (Å²) in [4.78, 5) is 40.6. The van der Waals surface area contributed by atoms with Crippen LogP contribution in [0.4, 0.5) is 0 Å². The van der Waals surface area contributed by atoms with Crippen LogP contribution in [-0.2, 0) is 25.5 Å². The summed E-state index contributed by atoms with van der Waals surface area (Å²) in [6, 6.07) is -0.817. The Bertz CT molecular complexity index is 472. The van der Waals surface area contributed by atoms with Crippen molar-refractivity contribution in [1.82, 2.24) is 15.3 Å². The lowest BCUT2D eigenvalue weighted by Gasteiger charge is -2.16. The van der Waals surface area contributed by atoms with Crippen LogP contribution in [0, 0.1) is 0 Å². The number of carbonyl (C=O) groups excluding carboxylic acids is 2. The molecule has 0 bridgehead atoms. The Kier molecular flexibility index (Phi) is 6.93. The number of rotatable bonds is 9. The molecule has 1 heterocycles. The van der Waals surface area contributed by atoms with Crippen LogP contribution in [0.15, 0.2) is 12.5 Å². The van der Waals surface area contributed by atoms with E-state index in [-0.39, 0.29) is 38.2 Å². The number of H-pyrrole nitrogens is 1. The lowest BCUT2D eigenvalue weighted by molar-refractivity contribution is -0.147. The molecule has 8 heteroatoms. The highest BCUT2D eigenvalue weighted by Gasteiger charge is 2.22. The van der Waals surface area contributed by atoms with E-state index in [0.717, 1.165) is 0 Å². The summed E-state index contributed by atoms with van der Waals surface area (Å²) in [5, 5.41) is 11.1. The molecule has 21 heavy (non-hydrogen) atoms. The van der Waals surface area contributed by atoms with Gasteiger partial charge in [0.05, 0.1) is 12.9 Å². The Balaban J connectivity index is 2.53. The number of hydrogen-bond acceptors (Lipinski definition) is 5. The predicted molar refractivity (Wildman–Crippen MR) is 72.3 cm³/mol. The second-order valence-electron chi connectivity index (χ2n) is 4.40. The molecule has 1 rings (SSSR count). The van der Waals surface area contributed by atoms with Gasteiger partial charge >= 0.3 is 11.9 Å². The van der Waals surface area contributed by atoms with Crippen molar-refractivity contribution in [1.29, 1.82) is 0 Å². The molecular formula is C13H19N3O5. The summed E-state index contributed by atoms with van der Waals surface area (Å²) in [7, 11) is 0. The van der Waals surface area contributed by atoms with Crippen molar-refractivity contribution in [2.75, 3.05) is 6.61 Å². The number of nitrogens with one attached hydrogen (secondary N) is 2. The average Bonchev–Trinajstić information content (AvgIpc) is 2.90. The fourth-order valence-electron chi connectivity index (χ4n) is 1.72. The first-order valence-electron chi connectivity index (χ1n) is 6.68. The zero-order chi connectivity index (χ0) is 15.7. The van der Waals surface area contributed by atoms with E-state index in [9.17, 15) is 14.4 Å². The monoisotopic (exact) mass is 297 g/mol. The number of nitrogens with zero attached hydrogens (tertiary/aromatic N) is 1. The highest BCUT2D eigenvalue weighted by Crippen LogP contribution is 2.03. The van der Waals surface area contributed by atoms with Gasteiger partial charge in [-0.25, -0.2) is 9.78 Å². The van der Waals surface area contributed by atoms with Crippen LogP contribution in [-0.4, -0.2) is 45.6 Å². The highest BCUT2D eigenvalue weighted by atomic mass is 16.5. The Hall–Kier alpha value is -2.38. The molecule has 0 radical (unpaired) electrons. The molecule has 0 aliphatic rings. The smallest absolute Gasteiger partial charge is 0.329 e. The van der Waals surface area contributed by atoms with Crippen LogP contribution in [0.3, 0.4) is 0 Å². The number of hydrogen-bond donors (Lipinski definition) is 3. The van der Waals surface area contributed by atoms with Crippen LogP contribution in [0.2, 0.25) is 0 Å². The van der Waals surface area contributed by atoms with Crippen molar-refractivity contribution in [2.24, 2.45) is 0 Å². The van der Waals surface area contributed by atoms with Gasteiger partial charge < -0.3 is 20.1 Å². The second kappa shape index (κ2) is 8.72. The van der Waals surface area contributed by atoms with Gasteiger partial charge in [0, 0.05) is 31.2 Å². The molecule has 0 saturated heterocycles. The molecule has 1 unspecified atom stereocenters. The Labute approximate surface area is 121 Å². The van der Waals surface area contributed by atoms with E-state index in [2.05, 4.69) is 15.3 Å². The fraction of sp³-hybridized carbons (Fsp3) is 0.538. The SMILES string of the molecule is CCOC(=O)C(Cc1cnc[nH]1)NC(=O)CCCC(=O)O. The average molecular weight is 297 g/mol. The molecular weight excluding hydrogens is 278 g/mol. The van der Waals surface area contributed by atoms with Crippen molar-refractivity contribution in [3.63, 3.8) is 0 Å². The first-order valence-corrected chi connectivity index (χ1v) is 6.68. The van der Waals surface area contributed by atoms with Crippen molar-refractivity contribution < 1.29 is 24.2 Å². The number of imidazole rings is 1. The van der Waals surface area contributed by atoms with E-state index in [1.54, 1.807) is 13.1 Å². The van der Waals surface area contributed by atoms with E-state index in [1.807, 2.05) is 0 Å². The predicted octanol–water partition coefficient (Wildman–Crippen LogP) is 0.255. The third kappa shape index (κ3) is 6.55. The highest BCUT2D eigenvalue weighted by molar-refractivity contribution is 5.84. The van der Waals surface area contributed by atoms with Gasteiger partial charge in [-0.2, -0.15) is 0 Å². The summed E-state index contributed by atoms with van der Waals surface area (Å²) in [6.45, 7) is 1.90. The number of carboxylic acid groups (broad SMARTS) is 1. The van der Waals surface area contributed by atoms with Gasteiger partial charge in [0.1, 0.15) is 6.04 Å². The Morgan fingerprint density at radius 2 is 2.19 bits per heavy atom. The molecule has 8 nitrogen and oxygen atoms in total. The maximum Gasteiger partial charge on any atom is 0.329 e. The summed E-state index contributed by atoms with van der Waals surface area (Å²) in [6.07, 6.45) is 3.46. The van der Waals surface area contributed by atoms with Gasteiger partial charge in [-0.3, -0.25) is 9.59 Å². The van der Waals surface area contributed by atoms with E-state index >= 15 is 0 Å². The summed E-state index contributed by atoms with van der Waals surface area (Å²) >= 11 is 0. The van der Waals surface area contributed by atoms with Gasteiger partial charge in [-0.05, 0) is 13.3 Å². The minimum Gasteiger partial charge on any atom is -0.481 e. The lowest BCUT2D eigenvalue weighted by atomic mass is 10.1. The van der Waals surface area contributed by atoms with Crippen LogP contribution in [0.1, 0.15) is 31.9 Å². The molecule has 0 aromatic carbocycles. The minimum atomic E-state index is -0.956. The summed E-state index contributed by atoms with van der Waals surface area (Å²) in [5.41, 5.74) is 0.693. The molecule has 1 amide bonds. The van der Waals surface area contributed by atoms with Gasteiger partial charge in [-0.15, -0.1) is 0 Å². The molecule has 0 saturated carbocycles. The third-order valence-corrected chi connectivity index (χ3v) is 2.68. The van der Waals surface area contributed by atoms with Crippen molar-refractivity contribution in [2.45, 2.75) is 38.6 Å². The zero-order valence-corrected chi connectivity index (χ0v) is 11.8. The number of aliphatic carboxylic acids is 1. The van der Waals surface area contributed by atoms with E-state index < -0.39 is 18.0 Å². The number of aromatic amines is 1. The van der Waals surface area contributed by atoms with Crippen LogP contribution in [0.5, 0.6) is 0 Å².